The van der Waals surface area contributed by atoms with Crippen molar-refractivity contribution in [2.75, 3.05) is 25.6 Å². The van der Waals surface area contributed by atoms with Crippen molar-refractivity contribution in [3.8, 4) is 11.8 Å². The molecule has 3 N–H and O–H groups in total. The van der Waals surface area contributed by atoms with Crippen molar-refractivity contribution >= 4 is 29.7 Å². The van der Waals surface area contributed by atoms with Gasteiger partial charge in [-0.3, -0.25) is 19.7 Å². The first kappa shape index (κ1) is 29.2. The SMILES string of the molecule is COc1ccc(C(NC(=O)c2cnc(NC(=O)CCC(=O)OC(=O)C(F)(F)F)nc2O)C2CCOCC2)cn1. The standard InChI is InChI=1S/C23H24F3N5O8/c1-37-16-4-2-13(10-27-16)18(12-6-8-38-9-7-12)30-19(34)14-11-28-22(31-20(14)35)29-15(32)3-5-17(33)39-21(36)23(24,25)26/h2,4,10-12,18H,3,5-9H2,1H3,(H,30,34)(H2,28,29,31,32,35). The average Bonchev–Trinajstić information content (AvgIpc) is 2.90. The van der Waals surface area contributed by atoms with Gasteiger partial charge in [-0.2, -0.15) is 18.2 Å². The van der Waals surface area contributed by atoms with Gasteiger partial charge in [-0.15, -0.1) is 0 Å². The number of halogens is 3. The molecule has 13 nitrogen and oxygen atoms in total. The summed E-state index contributed by atoms with van der Waals surface area (Å²) in [6.45, 7) is 1.03. The van der Waals surface area contributed by atoms with Crippen molar-refractivity contribution in [3.05, 3.63) is 35.7 Å². The number of aromatic hydroxyl groups is 1. The molecule has 0 radical (unpaired) electrons. The molecule has 2 aromatic rings. The van der Waals surface area contributed by atoms with Crippen LogP contribution in [0, 0.1) is 5.92 Å². The summed E-state index contributed by atoms with van der Waals surface area (Å²) in [5, 5.41) is 15.3. The van der Waals surface area contributed by atoms with Crippen LogP contribution in [0.4, 0.5) is 19.1 Å². The summed E-state index contributed by atoms with van der Waals surface area (Å²) in [6.07, 6.45) is -2.98. The van der Waals surface area contributed by atoms with Crippen LogP contribution in [0.25, 0.3) is 0 Å². The number of methoxy groups -OCH3 is 1. The third-order valence-electron chi connectivity index (χ3n) is 5.61. The highest BCUT2D eigenvalue weighted by Gasteiger charge is 2.42. The topological polar surface area (TPSA) is 179 Å². The molecule has 16 heteroatoms. The molecule has 0 aliphatic carbocycles. The van der Waals surface area contributed by atoms with Gasteiger partial charge in [0.05, 0.1) is 19.6 Å². The first-order valence-corrected chi connectivity index (χ1v) is 11.5. The molecule has 3 heterocycles. The van der Waals surface area contributed by atoms with Gasteiger partial charge in [0.15, 0.2) is 0 Å². The van der Waals surface area contributed by atoms with Gasteiger partial charge in [0.1, 0.15) is 5.56 Å². The predicted molar refractivity (Wildman–Crippen MR) is 123 cm³/mol. The third kappa shape index (κ3) is 8.33. The molecule has 2 amide bonds. The zero-order valence-corrected chi connectivity index (χ0v) is 20.5. The summed E-state index contributed by atoms with van der Waals surface area (Å²) in [5.41, 5.74) is 0.413. The number of pyridine rings is 1. The second kappa shape index (κ2) is 12.9. The van der Waals surface area contributed by atoms with Gasteiger partial charge in [-0.1, -0.05) is 6.07 Å². The Bertz CT molecular complexity index is 1200. The highest BCUT2D eigenvalue weighted by Crippen LogP contribution is 2.31. The summed E-state index contributed by atoms with van der Waals surface area (Å²) in [6, 6.07) is 2.93. The van der Waals surface area contributed by atoms with Crippen LogP contribution in [0.5, 0.6) is 11.8 Å². The van der Waals surface area contributed by atoms with E-state index >= 15 is 0 Å². The Morgan fingerprint density at radius 1 is 1.13 bits per heavy atom. The minimum Gasteiger partial charge on any atom is -0.493 e. The number of aromatic nitrogens is 3. The van der Waals surface area contributed by atoms with E-state index < -0.39 is 60.6 Å². The Hall–Kier alpha value is -4.34. The van der Waals surface area contributed by atoms with Crippen LogP contribution in [0.3, 0.4) is 0 Å². The first-order valence-electron chi connectivity index (χ1n) is 11.5. The monoisotopic (exact) mass is 555 g/mol. The van der Waals surface area contributed by atoms with E-state index in [2.05, 4.69) is 30.3 Å². The molecule has 0 aromatic carbocycles. The fourth-order valence-corrected chi connectivity index (χ4v) is 3.65. The number of esters is 2. The van der Waals surface area contributed by atoms with Crippen LogP contribution in [0.2, 0.25) is 0 Å². The summed E-state index contributed by atoms with van der Waals surface area (Å²) < 4.78 is 50.4. The van der Waals surface area contributed by atoms with E-state index in [-0.39, 0.29) is 11.5 Å². The van der Waals surface area contributed by atoms with E-state index in [0.717, 1.165) is 6.20 Å². The molecule has 1 saturated heterocycles. The lowest BCUT2D eigenvalue weighted by Crippen LogP contribution is -2.36. The lowest BCUT2D eigenvalue weighted by Gasteiger charge is -2.31. The molecule has 1 atom stereocenters. The fraction of sp³-hybridized carbons (Fsp3) is 0.435. The minimum atomic E-state index is -5.35. The highest BCUT2D eigenvalue weighted by atomic mass is 19.4. The van der Waals surface area contributed by atoms with Crippen LogP contribution in [0.1, 0.15) is 47.6 Å². The van der Waals surface area contributed by atoms with E-state index in [1.165, 1.54) is 7.11 Å². The van der Waals surface area contributed by atoms with Crippen LogP contribution in [-0.2, 0) is 23.9 Å². The van der Waals surface area contributed by atoms with Crippen LogP contribution >= 0.6 is 0 Å². The molecule has 1 aliphatic rings. The fourth-order valence-electron chi connectivity index (χ4n) is 3.65. The normalized spacial score (nSPS) is 14.7. The van der Waals surface area contributed by atoms with Crippen molar-refractivity contribution in [2.24, 2.45) is 5.92 Å². The number of anilines is 1. The molecule has 1 unspecified atom stereocenters. The molecule has 0 spiro atoms. The summed E-state index contributed by atoms with van der Waals surface area (Å²) in [7, 11) is 1.48. The van der Waals surface area contributed by atoms with Gasteiger partial charge in [0.25, 0.3) is 5.91 Å². The van der Waals surface area contributed by atoms with E-state index in [4.69, 9.17) is 9.47 Å². The van der Waals surface area contributed by atoms with E-state index in [1.54, 1.807) is 18.3 Å². The number of amides is 2. The quantitative estimate of drug-likeness (QED) is 0.304. The Kier molecular flexibility index (Phi) is 9.70. The lowest BCUT2D eigenvalue weighted by atomic mass is 9.87. The summed E-state index contributed by atoms with van der Waals surface area (Å²) in [5.74, 6) is -6.67. The van der Waals surface area contributed by atoms with E-state index in [1.807, 2.05) is 0 Å². The predicted octanol–water partition coefficient (Wildman–Crippen LogP) is 1.83. The van der Waals surface area contributed by atoms with E-state index in [9.17, 15) is 37.5 Å². The van der Waals surface area contributed by atoms with Crippen molar-refractivity contribution in [1.29, 1.82) is 0 Å². The van der Waals surface area contributed by atoms with Gasteiger partial charge in [-0.25, -0.2) is 14.8 Å². The van der Waals surface area contributed by atoms with Crippen LogP contribution < -0.4 is 15.4 Å². The molecule has 1 fully saturated rings. The smallest absolute Gasteiger partial charge is 0.491 e. The number of hydrogen-bond acceptors (Lipinski definition) is 11. The maximum Gasteiger partial charge on any atom is 0.491 e. The van der Waals surface area contributed by atoms with Crippen molar-refractivity contribution < 1.29 is 51.7 Å². The Morgan fingerprint density at radius 2 is 1.85 bits per heavy atom. The number of hydrogen-bond donors (Lipinski definition) is 3. The second-order valence-electron chi connectivity index (χ2n) is 8.27. The van der Waals surface area contributed by atoms with Gasteiger partial charge in [0, 0.05) is 38.1 Å². The van der Waals surface area contributed by atoms with Crippen LogP contribution in [-0.4, -0.2) is 70.3 Å². The molecule has 0 saturated carbocycles. The largest absolute Gasteiger partial charge is 0.493 e. The average molecular weight is 555 g/mol. The molecule has 0 bridgehead atoms. The molecule has 2 aromatic heterocycles. The number of nitrogens with one attached hydrogen (secondary N) is 2. The molecule has 3 rings (SSSR count). The maximum absolute atomic E-state index is 13.0. The number of alkyl halides is 3. The second-order valence-corrected chi connectivity index (χ2v) is 8.27. The summed E-state index contributed by atoms with van der Waals surface area (Å²) in [4.78, 5) is 58.5. The number of carbonyl (C=O) groups is 4. The number of carbonyl (C=O) groups excluding carboxylic acids is 4. The van der Waals surface area contributed by atoms with Crippen LogP contribution in [0.15, 0.2) is 24.5 Å². The molecule has 1 aliphatic heterocycles. The molecule has 39 heavy (non-hydrogen) atoms. The zero-order chi connectivity index (χ0) is 28.6. The van der Waals surface area contributed by atoms with Crippen molar-refractivity contribution in [3.63, 3.8) is 0 Å². The minimum absolute atomic E-state index is 0.0117. The Labute approximate surface area is 219 Å². The van der Waals surface area contributed by atoms with Gasteiger partial charge in [-0.05, 0) is 24.3 Å². The lowest BCUT2D eigenvalue weighted by molar-refractivity contribution is -0.201. The van der Waals surface area contributed by atoms with Gasteiger partial charge < -0.3 is 24.6 Å². The Morgan fingerprint density at radius 3 is 2.44 bits per heavy atom. The number of ether oxygens (including phenoxy) is 3. The van der Waals surface area contributed by atoms with Crippen molar-refractivity contribution in [2.45, 2.75) is 37.9 Å². The highest BCUT2D eigenvalue weighted by molar-refractivity contribution is 5.97. The first-order chi connectivity index (χ1) is 18.5. The third-order valence-corrected chi connectivity index (χ3v) is 5.61. The molecule has 210 valence electrons. The van der Waals surface area contributed by atoms with E-state index in [0.29, 0.717) is 37.5 Å². The van der Waals surface area contributed by atoms with Crippen molar-refractivity contribution in [1.82, 2.24) is 20.3 Å². The number of nitrogens with zero attached hydrogens (tertiary/aromatic N) is 3. The number of rotatable bonds is 9. The van der Waals surface area contributed by atoms with Gasteiger partial charge >= 0.3 is 18.1 Å². The maximum atomic E-state index is 13.0. The molecular weight excluding hydrogens is 531 g/mol. The zero-order valence-electron chi connectivity index (χ0n) is 20.5. The Balaban J connectivity index is 1.63. The summed E-state index contributed by atoms with van der Waals surface area (Å²) >= 11 is 0. The van der Waals surface area contributed by atoms with Gasteiger partial charge in [0.2, 0.25) is 23.6 Å². The molecular formula is C23H24F3N5O8.